The van der Waals surface area contributed by atoms with E-state index in [1.165, 1.54) is 0 Å². The monoisotopic (exact) mass is 320 g/mol. The van der Waals surface area contributed by atoms with E-state index in [9.17, 15) is 5.11 Å². The molecule has 0 radical (unpaired) electrons. The lowest BCUT2D eigenvalue weighted by molar-refractivity contribution is 0.218. The smallest absolute Gasteiger partial charge is 0.219 e. The van der Waals surface area contributed by atoms with Crippen molar-refractivity contribution < 1.29 is 9.84 Å². The van der Waals surface area contributed by atoms with Crippen molar-refractivity contribution in [3.8, 4) is 0 Å². The third kappa shape index (κ3) is 4.99. The van der Waals surface area contributed by atoms with E-state index in [0.29, 0.717) is 16.9 Å². The van der Waals surface area contributed by atoms with E-state index in [2.05, 4.69) is 12.2 Å². The Labute approximate surface area is 135 Å². The molecule has 1 aromatic carbocycles. The Balaban J connectivity index is 1.85. The van der Waals surface area contributed by atoms with Crippen LogP contribution in [0, 0.1) is 5.92 Å². The summed E-state index contributed by atoms with van der Waals surface area (Å²) in [6.07, 6.45) is 6.68. The number of allylic oxidation sites excluding steroid dienone is 2. The summed E-state index contributed by atoms with van der Waals surface area (Å²) >= 11 is 6.69. The number of thioether (sulfide) groups is 1. The zero-order chi connectivity index (χ0) is 15.1. The summed E-state index contributed by atoms with van der Waals surface area (Å²) in [5.41, 5.74) is 1.90. The average Bonchev–Trinajstić information content (AvgIpc) is 2.54. The van der Waals surface area contributed by atoms with Crippen molar-refractivity contribution in [2.75, 3.05) is 12.4 Å². The molecule has 1 aromatic rings. The SMILES string of the molecule is CCOC(=S)SCC1C=CC(C(O)c2ccccc2)=CC1. The van der Waals surface area contributed by atoms with Gasteiger partial charge >= 0.3 is 0 Å². The Morgan fingerprint density at radius 3 is 2.81 bits per heavy atom. The average molecular weight is 320 g/mol. The molecule has 0 aliphatic heterocycles. The van der Waals surface area contributed by atoms with Gasteiger partial charge in [-0.05, 0) is 42.6 Å². The molecule has 4 heteroatoms. The maximum absolute atomic E-state index is 10.4. The minimum absolute atomic E-state index is 0.445. The van der Waals surface area contributed by atoms with Gasteiger partial charge in [-0.25, -0.2) is 0 Å². The molecule has 1 aliphatic carbocycles. The standard InChI is InChI=1S/C17H20O2S2/c1-2-19-17(20)21-12-13-8-10-15(11-9-13)16(18)14-6-4-3-5-7-14/h3-8,10-11,13,16,18H,2,9,12H2,1H3. The predicted molar refractivity (Wildman–Crippen MR) is 93.4 cm³/mol. The normalized spacial score (nSPS) is 19.0. The molecule has 1 aliphatic rings. The Bertz CT molecular complexity index is 523. The molecule has 2 rings (SSSR count). The van der Waals surface area contributed by atoms with Crippen LogP contribution in [0.2, 0.25) is 0 Å². The molecule has 0 saturated heterocycles. The molecule has 2 atom stereocenters. The van der Waals surface area contributed by atoms with Crippen molar-refractivity contribution in [1.82, 2.24) is 0 Å². The van der Waals surface area contributed by atoms with Crippen LogP contribution >= 0.6 is 24.0 Å². The van der Waals surface area contributed by atoms with Gasteiger partial charge in [0.2, 0.25) is 4.38 Å². The van der Waals surface area contributed by atoms with E-state index in [1.54, 1.807) is 11.8 Å². The van der Waals surface area contributed by atoms with Crippen molar-refractivity contribution in [1.29, 1.82) is 0 Å². The number of benzene rings is 1. The quantitative estimate of drug-likeness (QED) is 0.820. The number of thiocarbonyl (C=S) groups is 1. The van der Waals surface area contributed by atoms with Crippen LogP contribution in [0.4, 0.5) is 0 Å². The van der Waals surface area contributed by atoms with Crippen LogP contribution in [-0.2, 0) is 4.74 Å². The molecule has 0 bridgehead atoms. The van der Waals surface area contributed by atoms with Crippen LogP contribution < -0.4 is 0 Å². The van der Waals surface area contributed by atoms with Crippen LogP contribution in [0.3, 0.4) is 0 Å². The molecule has 1 N–H and O–H groups in total. The van der Waals surface area contributed by atoms with Crippen LogP contribution in [0.15, 0.2) is 54.1 Å². The highest BCUT2D eigenvalue weighted by molar-refractivity contribution is 8.22. The van der Waals surface area contributed by atoms with Crippen molar-refractivity contribution in [2.24, 2.45) is 5.92 Å². The van der Waals surface area contributed by atoms with Gasteiger partial charge in [-0.1, -0.05) is 60.3 Å². The molecule has 0 fully saturated rings. The zero-order valence-electron chi connectivity index (χ0n) is 12.1. The van der Waals surface area contributed by atoms with Gasteiger partial charge in [0.05, 0.1) is 6.61 Å². The van der Waals surface area contributed by atoms with E-state index < -0.39 is 6.10 Å². The van der Waals surface area contributed by atoms with Gasteiger partial charge < -0.3 is 9.84 Å². The number of ether oxygens (including phenoxy) is 1. The summed E-state index contributed by atoms with van der Waals surface area (Å²) in [5.74, 6) is 1.36. The fraction of sp³-hybridized carbons (Fsp3) is 0.353. The van der Waals surface area contributed by atoms with Gasteiger partial charge in [0.1, 0.15) is 6.10 Å². The number of hydrogen-bond acceptors (Lipinski definition) is 4. The molecule has 21 heavy (non-hydrogen) atoms. The highest BCUT2D eigenvalue weighted by atomic mass is 32.2. The van der Waals surface area contributed by atoms with Crippen LogP contribution in [-0.4, -0.2) is 21.8 Å². The van der Waals surface area contributed by atoms with Gasteiger partial charge in [-0.3, -0.25) is 0 Å². The molecule has 112 valence electrons. The highest BCUT2D eigenvalue weighted by Gasteiger charge is 2.16. The zero-order valence-corrected chi connectivity index (χ0v) is 13.7. The van der Waals surface area contributed by atoms with Crippen LogP contribution in [0.1, 0.15) is 25.0 Å². The van der Waals surface area contributed by atoms with Gasteiger partial charge in [-0.2, -0.15) is 0 Å². The first kappa shape index (κ1) is 16.3. The minimum atomic E-state index is -0.541. The fourth-order valence-corrected chi connectivity index (χ4v) is 3.29. The van der Waals surface area contributed by atoms with Crippen LogP contribution in [0.5, 0.6) is 0 Å². The molecule has 0 spiro atoms. The van der Waals surface area contributed by atoms with E-state index in [0.717, 1.165) is 23.3 Å². The fourth-order valence-electron chi connectivity index (χ4n) is 2.17. The minimum Gasteiger partial charge on any atom is -0.479 e. The van der Waals surface area contributed by atoms with Crippen molar-refractivity contribution in [3.05, 3.63) is 59.7 Å². The third-order valence-corrected chi connectivity index (χ3v) is 4.75. The van der Waals surface area contributed by atoms with Crippen molar-refractivity contribution in [3.63, 3.8) is 0 Å². The lowest BCUT2D eigenvalue weighted by atomic mass is 9.92. The third-order valence-electron chi connectivity index (χ3n) is 3.33. The van der Waals surface area contributed by atoms with Crippen molar-refractivity contribution >= 4 is 28.4 Å². The maximum atomic E-state index is 10.4. The predicted octanol–water partition coefficient (Wildman–Crippen LogP) is 4.28. The number of aliphatic hydroxyl groups excluding tert-OH is 1. The summed E-state index contributed by atoms with van der Waals surface area (Å²) in [6, 6.07) is 9.74. The largest absolute Gasteiger partial charge is 0.479 e. The van der Waals surface area contributed by atoms with Crippen LogP contribution in [0.25, 0.3) is 0 Å². The number of hydrogen-bond donors (Lipinski definition) is 1. The molecule has 0 heterocycles. The van der Waals surface area contributed by atoms with Gasteiger partial charge in [-0.15, -0.1) is 0 Å². The molecule has 0 saturated carbocycles. The molecular weight excluding hydrogens is 300 g/mol. The Morgan fingerprint density at radius 2 is 2.19 bits per heavy atom. The molecular formula is C17H20O2S2. The maximum Gasteiger partial charge on any atom is 0.219 e. The summed E-state index contributed by atoms with van der Waals surface area (Å²) < 4.78 is 5.88. The molecule has 2 nitrogen and oxygen atoms in total. The van der Waals surface area contributed by atoms with Gasteiger partial charge in [0.25, 0.3) is 0 Å². The second-order valence-electron chi connectivity index (χ2n) is 4.87. The summed E-state index contributed by atoms with van der Waals surface area (Å²) in [5, 5.41) is 10.4. The van der Waals surface area contributed by atoms with Gasteiger partial charge in [0.15, 0.2) is 0 Å². The van der Waals surface area contributed by atoms with E-state index in [4.69, 9.17) is 17.0 Å². The van der Waals surface area contributed by atoms with E-state index in [-0.39, 0.29) is 0 Å². The first-order valence-corrected chi connectivity index (χ1v) is 8.51. The highest BCUT2D eigenvalue weighted by Crippen LogP contribution is 2.29. The first-order chi connectivity index (χ1) is 10.2. The molecule has 0 amide bonds. The number of aliphatic hydroxyl groups is 1. The molecule has 0 aromatic heterocycles. The molecule has 2 unspecified atom stereocenters. The summed E-state index contributed by atoms with van der Waals surface area (Å²) in [4.78, 5) is 0. The number of rotatable bonds is 5. The first-order valence-electron chi connectivity index (χ1n) is 7.11. The second-order valence-corrected chi connectivity index (χ2v) is 6.49. The lowest BCUT2D eigenvalue weighted by Gasteiger charge is -2.19. The topological polar surface area (TPSA) is 29.5 Å². The van der Waals surface area contributed by atoms with E-state index >= 15 is 0 Å². The Hall–Kier alpha value is -1.10. The second kappa shape index (κ2) is 8.37. The van der Waals surface area contributed by atoms with Gasteiger partial charge in [0, 0.05) is 5.75 Å². The summed E-state index contributed by atoms with van der Waals surface area (Å²) in [6.45, 7) is 2.56. The Morgan fingerprint density at radius 1 is 1.43 bits per heavy atom. The summed E-state index contributed by atoms with van der Waals surface area (Å²) in [7, 11) is 0. The Kier molecular flexibility index (Phi) is 6.49. The van der Waals surface area contributed by atoms with Crippen molar-refractivity contribution in [2.45, 2.75) is 19.4 Å². The lowest BCUT2D eigenvalue weighted by Crippen LogP contribution is -2.09. The van der Waals surface area contributed by atoms with E-state index in [1.807, 2.05) is 43.3 Å².